The third-order valence-electron chi connectivity index (χ3n) is 7.29. The third kappa shape index (κ3) is 5.63. The molecule has 0 spiro atoms. The van der Waals surface area contributed by atoms with Crippen LogP contribution in [0.15, 0.2) is 42.7 Å². The highest BCUT2D eigenvalue weighted by Crippen LogP contribution is 2.28. The summed E-state index contributed by atoms with van der Waals surface area (Å²) in [6.07, 6.45) is 3.21. The first-order chi connectivity index (χ1) is 19.7. The molecule has 0 radical (unpaired) electrons. The van der Waals surface area contributed by atoms with E-state index in [1.54, 1.807) is 52.2 Å². The van der Waals surface area contributed by atoms with Crippen LogP contribution in [-0.2, 0) is 16.6 Å². The van der Waals surface area contributed by atoms with Crippen molar-refractivity contribution in [1.82, 2.24) is 34.3 Å². The number of nitrogens with zero attached hydrogens (tertiary/aromatic N) is 7. The van der Waals surface area contributed by atoms with Gasteiger partial charge >= 0.3 is 6.09 Å². The first-order valence-corrected chi connectivity index (χ1v) is 13.6. The summed E-state index contributed by atoms with van der Waals surface area (Å²) in [6, 6.07) is 8.71. The average molecular weight is 559 g/mol. The minimum Gasteiger partial charge on any atom is -0.450 e. The molecule has 3 amide bonds. The van der Waals surface area contributed by atoms with Gasteiger partial charge in [-0.05, 0) is 39.8 Å². The number of anilines is 1. The zero-order valence-corrected chi connectivity index (χ0v) is 23.9. The van der Waals surface area contributed by atoms with Crippen LogP contribution >= 0.6 is 0 Å². The summed E-state index contributed by atoms with van der Waals surface area (Å²) in [7, 11) is 1.85. The molecule has 1 unspecified atom stereocenters. The molecule has 12 heteroatoms. The molecule has 1 N–H and O–H groups in total. The van der Waals surface area contributed by atoms with E-state index in [-0.39, 0.29) is 17.9 Å². The lowest BCUT2D eigenvalue weighted by Crippen LogP contribution is -2.52. The number of fused-ring (bicyclic) bond motifs is 1. The van der Waals surface area contributed by atoms with Crippen LogP contribution < -0.4 is 5.32 Å². The molecule has 4 heterocycles. The molecule has 5 rings (SSSR count). The second kappa shape index (κ2) is 11.4. The number of nitrogens with one attached hydrogen (secondary N) is 1. The molecule has 0 saturated carbocycles. The van der Waals surface area contributed by atoms with E-state index >= 15 is 0 Å². The number of hydrogen-bond acceptors (Lipinski definition) is 7. The quantitative estimate of drug-likeness (QED) is 0.383. The second-order valence-corrected chi connectivity index (χ2v) is 10.1. The van der Waals surface area contributed by atoms with Crippen molar-refractivity contribution in [3.63, 3.8) is 0 Å². The molecule has 0 bridgehead atoms. The van der Waals surface area contributed by atoms with Crippen molar-refractivity contribution >= 4 is 34.5 Å². The van der Waals surface area contributed by atoms with Gasteiger partial charge in [-0.15, -0.1) is 0 Å². The van der Waals surface area contributed by atoms with Crippen LogP contribution in [0.1, 0.15) is 41.6 Å². The molecule has 214 valence electrons. The number of ether oxygens (including phenoxy) is 1. The first-order valence-electron chi connectivity index (χ1n) is 13.6. The summed E-state index contributed by atoms with van der Waals surface area (Å²) in [4.78, 5) is 47.0. The normalized spacial score (nSPS) is 14.3. The van der Waals surface area contributed by atoms with Crippen molar-refractivity contribution in [2.75, 3.05) is 38.1 Å². The van der Waals surface area contributed by atoms with Gasteiger partial charge in [0.05, 0.1) is 40.5 Å². The van der Waals surface area contributed by atoms with Gasteiger partial charge in [0.25, 0.3) is 5.91 Å². The van der Waals surface area contributed by atoms with Gasteiger partial charge in [0.1, 0.15) is 6.04 Å². The van der Waals surface area contributed by atoms with E-state index in [1.165, 1.54) is 0 Å². The Labute approximate surface area is 237 Å². The Morgan fingerprint density at radius 2 is 1.71 bits per heavy atom. The van der Waals surface area contributed by atoms with Gasteiger partial charge in [-0.2, -0.15) is 10.2 Å². The van der Waals surface area contributed by atoms with Gasteiger partial charge < -0.3 is 19.9 Å². The van der Waals surface area contributed by atoms with Gasteiger partial charge in [-0.25, -0.2) is 9.78 Å². The van der Waals surface area contributed by atoms with Crippen molar-refractivity contribution in [3.8, 4) is 11.3 Å². The fourth-order valence-electron chi connectivity index (χ4n) is 5.05. The van der Waals surface area contributed by atoms with Crippen molar-refractivity contribution in [1.29, 1.82) is 0 Å². The highest BCUT2D eigenvalue weighted by molar-refractivity contribution is 6.13. The Bertz CT molecular complexity index is 1620. The van der Waals surface area contributed by atoms with E-state index in [0.717, 1.165) is 16.6 Å². The number of pyridine rings is 1. The number of piperazine rings is 1. The molecular weight excluding hydrogens is 524 g/mol. The Kier molecular flexibility index (Phi) is 7.73. The molecule has 1 fully saturated rings. The standard InChI is InChI=1S/C29H34N8O4/c1-6-41-29(40)36-13-11-35(12-14-36)28(39)20(4)37-17-26(19(3)33-37)31-27(38)22-15-25(23-16-34(5)32-18(23)2)30-24-10-8-7-9-21(22)24/h7-10,15-17,20H,6,11-14H2,1-5H3,(H,31,38). The number of carbonyl (C=O) groups excluding carboxylic acids is 3. The van der Waals surface area contributed by atoms with E-state index in [0.29, 0.717) is 60.9 Å². The topological polar surface area (TPSA) is 127 Å². The van der Waals surface area contributed by atoms with Gasteiger partial charge in [0.2, 0.25) is 5.91 Å². The van der Waals surface area contributed by atoms with Gasteiger partial charge in [-0.3, -0.25) is 19.0 Å². The lowest BCUT2D eigenvalue weighted by atomic mass is 10.0. The predicted octanol–water partition coefficient (Wildman–Crippen LogP) is 3.56. The van der Waals surface area contributed by atoms with E-state index < -0.39 is 6.04 Å². The van der Waals surface area contributed by atoms with Crippen molar-refractivity contribution in [2.45, 2.75) is 33.7 Å². The number of aromatic nitrogens is 5. The smallest absolute Gasteiger partial charge is 0.409 e. The highest BCUT2D eigenvalue weighted by Gasteiger charge is 2.29. The number of benzene rings is 1. The number of carbonyl (C=O) groups is 3. The van der Waals surface area contributed by atoms with Crippen LogP contribution in [0, 0.1) is 13.8 Å². The maximum atomic E-state index is 13.6. The second-order valence-electron chi connectivity index (χ2n) is 10.1. The minimum atomic E-state index is -0.588. The van der Waals surface area contributed by atoms with E-state index in [2.05, 4.69) is 15.5 Å². The van der Waals surface area contributed by atoms with Gasteiger partial charge in [-0.1, -0.05) is 18.2 Å². The van der Waals surface area contributed by atoms with Crippen LogP contribution in [0.2, 0.25) is 0 Å². The molecule has 4 aromatic rings. The number of aryl methyl sites for hydroxylation is 3. The van der Waals surface area contributed by atoms with E-state index in [1.807, 2.05) is 44.4 Å². The number of amides is 3. The Morgan fingerprint density at radius 3 is 2.39 bits per heavy atom. The van der Waals surface area contributed by atoms with Crippen LogP contribution in [-0.4, -0.2) is 85.0 Å². The molecule has 1 aliphatic rings. The summed E-state index contributed by atoms with van der Waals surface area (Å²) in [5.41, 5.74) is 4.62. The molecule has 41 heavy (non-hydrogen) atoms. The first kappa shape index (κ1) is 27.8. The van der Waals surface area contributed by atoms with Crippen molar-refractivity contribution < 1.29 is 19.1 Å². The lowest BCUT2D eigenvalue weighted by molar-refractivity contribution is -0.136. The summed E-state index contributed by atoms with van der Waals surface area (Å²) >= 11 is 0. The number of para-hydroxylation sites is 1. The molecular formula is C29H34N8O4. The van der Waals surface area contributed by atoms with Crippen LogP contribution in [0.25, 0.3) is 22.2 Å². The molecule has 1 aliphatic heterocycles. The van der Waals surface area contributed by atoms with E-state index in [4.69, 9.17) is 9.72 Å². The fraction of sp³-hybridized carbons (Fsp3) is 0.379. The fourth-order valence-corrected chi connectivity index (χ4v) is 5.05. The van der Waals surface area contributed by atoms with Crippen LogP contribution in [0.5, 0.6) is 0 Å². The zero-order chi connectivity index (χ0) is 29.3. The number of rotatable bonds is 6. The molecule has 12 nitrogen and oxygen atoms in total. The van der Waals surface area contributed by atoms with Crippen LogP contribution in [0.3, 0.4) is 0 Å². The molecule has 1 atom stereocenters. The average Bonchev–Trinajstić information content (AvgIpc) is 3.51. The Balaban J connectivity index is 1.34. The molecule has 0 aliphatic carbocycles. The molecule has 1 saturated heterocycles. The predicted molar refractivity (Wildman–Crippen MR) is 153 cm³/mol. The number of hydrogen-bond donors (Lipinski definition) is 1. The zero-order valence-electron chi connectivity index (χ0n) is 23.9. The maximum absolute atomic E-state index is 13.6. The maximum Gasteiger partial charge on any atom is 0.409 e. The van der Waals surface area contributed by atoms with Crippen LogP contribution in [0.4, 0.5) is 10.5 Å². The van der Waals surface area contributed by atoms with Gasteiger partial charge in [0, 0.05) is 56.6 Å². The molecule has 1 aromatic carbocycles. The summed E-state index contributed by atoms with van der Waals surface area (Å²) in [5.74, 6) is -0.409. The highest BCUT2D eigenvalue weighted by atomic mass is 16.6. The van der Waals surface area contributed by atoms with Crippen molar-refractivity contribution in [2.24, 2.45) is 7.05 Å². The summed E-state index contributed by atoms with van der Waals surface area (Å²) in [6.45, 7) is 9.21. The Morgan fingerprint density at radius 1 is 1.00 bits per heavy atom. The molecule has 3 aromatic heterocycles. The van der Waals surface area contributed by atoms with E-state index in [9.17, 15) is 14.4 Å². The van der Waals surface area contributed by atoms with Crippen molar-refractivity contribution in [3.05, 3.63) is 59.7 Å². The lowest BCUT2D eigenvalue weighted by Gasteiger charge is -2.35. The monoisotopic (exact) mass is 558 g/mol. The largest absolute Gasteiger partial charge is 0.450 e. The third-order valence-corrected chi connectivity index (χ3v) is 7.29. The minimum absolute atomic E-state index is 0.106. The van der Waals surface area contributed by atoms with Gasteiger partial charge in [0.15, 0.2) is 0 Å². The Hall–Kier alpha value is -4.74. The summed E-state index contributed by atoms with van der Waals surface area (Å²) in [5, 5.41) is 12.7. The SMILES string of the molecule is CCOC(=O)N1CCN(C(=O)C(C)n2cc(NC(=O)c3cc(-c4cn(C)nc4C)nc4ccccc34)c(C)n2)CC1. The summed E-state index contributed by atoms with van der Waals surface area (Å²) < 4.78 is 8.35.